The zero-order chi connectivity index (χ0) is 18.0. The number of halogens is 6. The van der Waals surface area contributed by atoms with Crippen LogP contribution in [0.15, 0.2) is 23.4 Å². The van der Waals surface area contributed by atoms with E-state index in [4.69, 9.17) is 0 Å². The van der Waals surface area contributed by atoms with Crippen LogP contribution < -0.4 is 5.43 Å². The molecule has 0 aromatic carbocycles. The first-order valence-corrected chi connectivity index (χ1v) is 6.35. The van der Waals surface area contributed by atoms with Gasteiger partial charge in [0.2, 0.25) is 5.95 Å². The molecule has 2 aromatic heterocycles. The lowest BCUT2D eigenvalue weighted by Crippen LogP contribution is -2.18. The van der Waals surface area contributed by atoms with Gasteiger partial charge < -0.3 is 0 Å². The van der Waals surface area contributed by atoms with E-state index >= 15 is 0 Å². The topological polar surface area (TPSA) is 68.0 Å². The molecule has 0 amide bonds. The fourth-order valence-electron chi connectivity index (χ4n) is 1.64. The number of nitrogens with one attached hydrogen (secondary N) is 1. The summed E-state index contributed by atoms with van der Waals surface area (Å²) in [5.41, 5.74) is 1.20. The van der Waals surface area contributed by atoms with Crippen LogP contribution in [-0.2, 0) is 12.7 Å². The fraction of sp³-hybridized carbons (Fsp3) is 0.333. The molecule has 0 unspecified atom stereocenters. The monoisotopic (exact) mass is 352 g/mol. The van der Waals surface area contributed by atoms with E-state index in [2.05, 4.69) is 25.6 Å². The Balaban J connectivity index is 2.06. The molecule has 2 heterocycles. The average Bonchev–Trinajstić information content (AvgIpc) is 2.82. The highest BCUT2D eigenvalue weighted by molar-refractivity contribution is 5.77. The lowest BCUT2D eigenvalue weighted by molar-refractivity contribution is -0.143. The Morgan fingerprint density at radius 2 is 1.92 bits per heavy atom. The van der Waals surface area contributed by atoms with E-state index in [-0.39, 0.29) is 11.4 Å². The van der Waals surface area contributed by atoms with Gasteiger partial charge in [0, 0.05) is 11.9 Å². The molecule has 0 aliphatic carbocycles. The minimum absolute atomic E-state index is 0.0736. The maximum Gasteiger partial charge on any atom is 0.433 e. The summed E-state index contributed by atoms with van der Waals surface area (Å²) in [5, 5.41) is 7.15. The van der Waals surface area contributed by atoms with Gasteiger partial charge in [0.25, 0.3) is 0 Å². The van der Waals surface area contributed by atoms with Crippen molar-refractivity contribution in [1.29, 1.82) is 0 Å². The molecule has 0 bridgehead atoms. The minimum Gasteiger partial charge on any atom is -0.263 e. The van der Waals surface area contributed by atoms with Gasteiger partial charge in [-0.05, 0) is 19.1 Å². The molecule has 0 spiro atoms. The second-order valence-electron chi connectivity index (χ2n) is 4.64. The Hall–Kier alpha value is -2.66. The average molecular weight is 352 g/mol. The van der Waals surface area contributed by atoms with Gasteiger partial charge >= 0.3 is 12.4 Å². The third-order valence-electron chi connectivity index (χ3n) is 2.51. The van der Waals surface area contributed by atoms with E-state index in [9.17, 15) is 26.3 Å². The van der Waals surface area contributed by atoms with Crippen LogP contribution in [-0.4, -0.2) is 32.1 Å². The number of hydrazone groups is 1. The first-order chi connectivity index (χ1) is 11.0. The summed E-state index contributed by atoms with van der Waals surface area (Å²) in [6.07, 6.45) is -6.92. The van der Waals surface area contributed by atoms with Crippen molar-refractivity contribution in [1.82, 2.24) is 19.7 Å². The Labute approximate surface area is 131 Å². The molecule has 1 N–H and O–H groups in total. The van der Waals surface area contributed by atoms with E-state index in [0.29, 0.717) is 4.68 Å². The molecule has 2 aromatic rings. The van der Waals surface area contributed by atoms with Gasteiger partial charge in [0.15, 0.2) is 0 Å². The SMILES string of the molecule is Cc1cc(C(F)(F)F)nc(N/N=C\c2ccn(CC(F)(F)F)n2)n1. The number of anilines is 1. The highest BCUT2D eigenvalue weighted by atomic mass is 19.4. The van der Waals surface area contributed by atoms with Crippen LogP contribution in [0.4, 0.5) is 32.3 Å². The van der Waals surface area contributed by atoms with Crippen molar-refractivity contribution in [2.75, 3.05) is 5.43 Å². The van der Waals surface area contributed by atoms with E-state index in [1.807, 2.05) is 0 Å². The molecular formula is C12H10F6N6. The van der Waals surface area contributed by atoms with Crippen molar-refractivity contribution >= 4 is 12.2 Å². The summed E-state index contributed by atoms with van der Waals surface area (Å²) in [4.78, 5) is 6.98. The van der Waals surface area contributed by atoms with Gasteiger partial charge in [-0.1, -0.05) is 0 Å². The van der Waals surface area contributed by atoms with E-state index in [1.165, 1.54) is 13.0 Å². The first-order valence-electron chi connectivity index (χ1n) is 6.35. The number of aromatic nitrogens is 4. The van der Waals surface area contributed by atoms with Gasteiger partial charge in [-0.15, -0.1) is 0 Å². The second-order valence-corrected chi connectivity index (χ2v) is 4.64. The molecule has 24 heavy (non-hydrogen) atoms. The molecule has 2 rings (SSSR count). The van der Waals surface area contributed by atoms with Crippen molar-refractivity contribution in [2.45, 2.75) is 25.8 Å². The highest BCUT2D eigenvalue weighted by Crippen LogP contribution is 2.28. The van der Waals surface area contributed by atoms with E-state index in [0.717, 1.165) is 18.5 Å². The van der Waals surface area contributed by atoms with E-state index < -0.39 is 30.5 Å². The number of alkyl halides is 6. The predicted molar refractivity (Wildman–Crippen MR) is 71.3 cm³/mol. The smallest absolute Gasteiger partial charge is 0.263 e. The fourth-order valence-corrected chi connectivity index (χ4v) is 1.64. The molecular weight excluding hydrogens is 342 g/mol. The van der Waals surface area contributed by atoms with Crippen LogP contribution in [0.2, 0.25) is 0 Å². The molecule has 0 fully saturated rings. The quantitative estimate of drug-likeness (QED) is 0.522. The summed E-state index contributed by atoms with van der Waals surface area (Å²) in [5.74, 6) is -0.395. The summed E-state index contributed by atoms with van der Waals surface area (Å²) < 4.78 is 75.0. The van der Waals surface area contributed by atoms with Crippen molar-refractivity contribution in [2.24, 2.45) is 5.10 Å². The number of hydrogen-bond acceptors (Lipinski definition) is 5. The summed E-state index contributed by atoms with van der Waals surface area (Å²) in [6, 6.07) is 2.03. The Kier molecular flexibility index (Phi) is 4.76. The van der Waals surface area contributed by atoms with Crippen LogP contribution in [0.3, 0.4) is 0 Å². The standard InChI is InChI=1S/C12H10F6N6/c1-7-4-9(12(16,17)18)21-10(20-7)22-19-5-8-2-3-24(23-8)6-11(13,14)15/h2-5H,6H2,1H3,(H,20,21,22)/b19-5-. The first kappa shape index (κ1) is 17.7. The lowest BCUT2D eigenvalue weighted by Gasteiger charge is -2.07. The van der Waals surface area contributed by atoms with Gasteiger partial charge in [-0.3, -0.25) is 4.68 Å². The van der Waals surface area contributed by atoms with Crippen LogP contribution >= 0.6 is 0 Å². The van der Waals surface area contributed by atoms with Crippen molar-refractivity contribution in [3.8, 4) is 0 Å². The third-order valence-corrected chi connectivity index (χ3v) is 2.51. The molecule has 0 aliphatic heterocycles. The van der Waals surface area contributed by atoms with Crippen LogP contribution in [0.5, 0.6) is 0 Å². The third kappa shape index (κ3) is 5.21. The largest absolute Gasteiger partial charge is 0.433 e. The maximum absolute atomic E-state index is 12.6. The second kappa shape index (κ2) is 6.45. The van der Waals surface area contributed by atoms with Gasteiger partial charge in [0.05, 0.1) is 6.21 Å². The molecule has 0 atom stereocenters. The Bertz CT molecular complexity index is 732. The number of rotatable bonds is 4. The maximum atomic E-state index is 12.6. The number of aryl methyl sites for hydroxylation is 1. The molecule has 12 heteroatoms. The van der Waals surface area contributed by atoms with Gasteiger partial charge in [-0.2, -0.15) is 36.5 Å². The van der Waals surface area contributed by atoms with Crippen LogP contribution in [0, 0.1) is 6.92 Å². The molecule has 130 valence electrons. The highest BCUT2D eigenvalue weighted by Gasteiger charge is 2.33. The Morgan fingerprint density at radius 3 is 2.54 bits per heavy atom. The normalized spacial score (nSPS) is 12.8. The number of hydrogen-bond donors (Lipinski definition) is 1. The minimum atomic E-state index is -4.63. The number of nitrogens with zero attached hydrogens (tertiary/aromatic N) is 5. The van der Waals surface area contributed by atoms with Crippen LogP contribution in [0.1, 0.15) is 17.1 Å². The molecule has 6 nitrogen and oxygen atoms in total. The van der Waals surface area contributed by atoms with Crippen LogP contribution in [0.25, 0.3) is 0 Å². The van der Waals surface area contributed by atoms with E-state index in [1.54, 1.807) is 0 Å². The zero-order valence-electron chi connectivity index (χ0n) is 12.0. The molecule has 0 saturated carbocycles. The Morgan fingerprint density at radius 1 is 1.21 bits per heavy atom. The molecule has 0 radical (unpaired) electrons. The molecule has 0 saturated heterocycles. The van der Waals surface area contributed by atoms with Gasteiger partial charge in [-0.25, -0.2) is 15.4 Å². The predicted octanol–water partition coefficient (Wildman–Crippen LogP) is 3.01. The van der Waals surface area contributed by atoms with Crippen molar-refractivity contribution < 1.29 is 26.3 Å². The molecule has 0 aliphatic rings. The summed E-state index contributed by atoms with van der Waals surface area (Å²) >= 11 is 0. The van der Waals surface area contributed by atoms with Crippen molar-refractivity contribution in [3.63, 3.8) is 0 Å². The summed E-state index contributed by atoms with van der Waals surface area (Å²) in [7, 11) is 0. The zero-order valence-corrected chi connectivity index (χ0v) is 12.0. The van der Waals surface area contributed by atoms with Gasteiger partial charge in [0.1, 0.15) is 17.9 Å². The lowest BCUT2D eigenvalue weighted by atomic mass is 10.3. The van der Waals surface area contributed by atoms with Crippen molar-refractivity contribution in [3.05, 3.63) is 35.4 Å². The summed E-state index contributed by atoms with van der Waals surface area (Å²) in [6.45, 7) is 0.0921.